The number of nitrogen functional groups attached to an aromatic ring is 1. The lowest BCUT2D eigenvalue weighted by molar-refractivity contribution is 0.178. The highest BCUT2D eigenvalue weighted by Gasteiger charge is 2.08. The van der Waals surface area contributed by atoms with Crippen molar-refractivity contribution in [2.45, 2.75) is 6.61 Å². The molecule has 0 atom stereocenters. The van der Waals surface area contributed by atoms with Gasteiger partial charge >= 0.3 is 0 Å². The maximum atomic E-state index is 13.7. The third-order valence-electron chi connectivity index (χ3n) is 2.38. The van der Waals surface area contributed by atoms with Crippen LogP contribution in [0.4, 0.5) is 21.7 Å². The Morgan fingerprint density at radius 2 is 2.05 bits per heavy atom. The second-order valence-corrected chi connectivity index (χ2v) is 4.32. The molecule has 0 saturated carbocycles. The second kappa shape index (κ2) is 6.47. The van der Waals surface area contributed by atoms with E-state index in [1.807, 2.05) is 0 Å². The average Bonchev–Trinajstić information content (AvgIpc) is 2.43. The standard InChI is InChI=1S/C12H13ClFN5O/c1-20-6-12-17-10(5-11(18-12)19-15)16-9-4-7(13)2-3-8(9)14/h2-5H,6,15H2,1H3,(H2,16,17,18,19). The van der Waals surface area contributed by atoms with Crippen LogP contribution in [-0.2, 0) is 11.3 Å². The van der Waals surface area contributed by atoms with Crippen molar-refractivity contribution in [1.82, 2.24) is 9.97 Å². The summed E-state index contributed by atoms with van der Waals surface area (Å²) in [5.41, 5.74) is 2.62. The number of methoxy groups -OCH3 is 1. The first-order chi connectivity index (χ1) is 9.62. The summed E-state index contributed by atoms with van der Waals surface area (Å²) < 4.78 is 18.6. The molecule has 0 aliphatic carbocycles. The van der Waals surface area contributed by atoms with E-state index in [1.165, 1.54) is 25.3 Å². The predicted octanol–water partition coefficient (Wildman–Crippen LogP) is 2.44. The molecule has 0 bridgehead atoms. The molecule has 8 heteroatoms. The minimum atomic E-state index is -0.441. The number of benzene rings is 1. The Bertz CT molecular complexity index is 610. The number of hydrogen-bond donors (Lipinski definition) is 3. The summed E-state index contributed by atoms with van der Waals surface area (Å²) >= 11 is 5.83. The molecule has 0 spiro atoms. The van der Waals surface area contributed by atoms with Gasteiger partial charge in [-0.15, -0.1) is 0 Å². The first-order valence-electron chi connectivity index (χ1n) is 5.68. The van der Waals surface area contributed by atoms with Gasteiger partial charge in [-0.2, -0.15) is 0 Å². The van der Waals surface area contributed by atoms with Crippen LogP contribution in [0.2, 0.25) is 5.02 Å². The van der Waals surface area contributed by atoms with Crippen LogP contribution < -0.4 is 16.6 Å². The lowest BCUT2D eigenvalue weighted by atomic mass is 10.3. The highest BCUT2D eigenvalue weighted by atomic mass is 35.5. The molecular weight excluding hydrogens is 285 g/mol. The lowest BCUT2D eigenvalue weighted by Gasteiger charge is -2.10. The van der Waals surface area contributed by atoms with Crippen molar-refractivity contribution in [3.05, 3.63) is 40.9 Å². The zero-order chi connectivity index (χ0) is 14.5. The minimum absolute atomic E-state index is 0.211. The number of hydrazine groups is 1. The first-order valence-corrected chi connectivity index (χ1v) is 6.05. The summed E-state index contributed by atoms with van der Waals surface area (Å²) in [4.78, 5) is 8.28. The van der Waals surface area contributed by atoms with Crippen molar-refractivity contribution in [3.63, 3.8) is 0 Å². The number of ether oxygens (including phenoxy) is 1. The van der Waals surface area contributed by atoms with Gasteiger partial charge in [-0.1, -0.05) is 11.6 Å². The molecule has 106 valence electrons. The predicted molar refractivity (Wildman–Crippen MR) is 75.2 cm³/mol. The number of aromatic nitrogens is 2. The number of nitrogens with two attached hydrogens (primary N) is 1. The molecule has 0 radical (unpaired) electrons. The molecular formula is C12H13ClFN5O. The van der Waals surface area contributed by atoms with Crippen LogP contribution in [0.15, 0.2) is 24.3 Å². The van der Waals surface area contributed by atoms with E-state index in [9.17, 15) is 4.39 Å². The summed E-state index contributed by atoms with van der Waals surface area (Å²) in [6, 6.07) is 5.74. The van der Waals surface area contributed by atoms with Crippen molar-refractivity contribution < 1.29 is 9.13 Å². The smallest absolute Gasteiger partial charge is 0.158 e. The second-order valence-electron chi connectivity index (χ2n) is 3.88. The van der Waals surface area contributed by atoms with E-state index in [0.717, 1.165) is 0 Å². The van der Waals surface area contributed by atoms with Gasteiger partial charge in [-0.25, -0.2) is 20.2 Å². The van der Waals surface area contributed by atoms with Gasteiger partial charge in [0.1, 0.15) is 24.1 Å². The van der Waals surface area contributed by atoms with Crippen LogP contribution in [0.1, 0.15) is 5.82 Å². The third kappa shape index (κ3) is 3.53. The number of anilines is 3. The van der Waals surface area contributed by atoms with E-state index in [0.29, 0.717) is 22.5 Å². The van der Waals surface area contributed by atoms with Crippen molar-refractivity contribution >= 4 is 28.9 Å². The monoisotopic (exact) mass is 297 g/mol. The SMILES string of the molecule is COCc1nc(NN)cc(Nc2cc(Cl)ccc2F)n1. The van der Waals surface area contributed by atoms with Crippen LogP contribution in [0.3, 0.4) is 0 Å². The summed E-state index contributed by atoms with van der Waals surface area (Å²) in [6.07, 6.45) is 0. The lowest BCUT2D eigenvalue weighted by Crippen LogP contribution is -2.12. The Balaban J connectivity index is 2.32. The van der Waals surface area contributed by atoms with Crippen molar-refractivity contribution in [2.75, 3.05) is 17.9 Å². The number of halogens is 2. The maximum Gasteiger partial charge on any atom is 0.158 e. The molecule has 20 heavy (non-hydrogen) atoms. The zero-order valence-corrected chi connectivity index (χ0v) is 11.4. The van der Waals surface area contributed by atoms with Gasteiger partial charge in [0.25, 0.3) is 0 Å². The van der Waals surface area contributed by atoms with E-state index in [-0.39, 0.29) is 12.3 Å². The fourth-order valence-corrected chi connectivity index (χ4v) is 1.73. The molecule has 0 unspecified atom stereocenters. The number of rotatable bonds is 5. The van der Waals surface area contributed by atoms with Gasteiger partial charge in [0, 0.05) is 18.2 Å². The Labute approximate surface area is 120 Å². The van der Waals surface area contributed by atoms with Gasteiger partial charge < -0.3 is 15.5 Å². The van der Waals surface area contributed by atoms with Crippen LogP contribution in [0.5, 0.6) is 0 Å². The van der Waals surface area contributed by atoms with Crippen LogP contribution >= 0.6 is 11.6 Å². The maximum absolute atomic E-state index is 13.7. The van der Waals surface area contributed by atoms with Crippen molar-refractivity contribution in [3.8, 4) is 0 Å². The topological polar surface area (TPSA) is 85.1 Å². The van der Waals surface area contributed by atoms with Gasteiger partial charge in [0.05, 0.1) is 5.69 Å². The number of hydrogen-bond acceptors (Lipinski definition) is 6. The van der Waals surface area contributed by atoms with E-state index in [1.54, 1.807) is 6.07 Å². The molecule has 1 aromatic carbocycles. The van der Waals surface area contributed by atoms with E-state index >= 15 is 0 Å². The van der Waals surface area contributed by atoms with Crippen molar-refractivity contribution in [2.24, 2.45) is 5.84 Å². The Morgan fingerprint density at radius 1 is 1.30 bits per heavy atom. The van der Waals surface area contributed by atoms with Crippen LogP contribution in [0, 0.1) is 5.82 Å². The molecule has 0 fully saturated rings. The number of nitrogens with zero attached hydrogens (tertiary/aromatic N) is 2. The van der Waals surface area contributed by atoms with Gasteiger partial charge in [-0.3, -0.25) is 0 Å². The van der Waals surface area contributed by atoms with Gasteiger partial charge in [-0.05, 0) is 18.2 Å². The molecule has 0 amide bonds. The summed E-state index contributed by atoms with van der Waals surface area (Å²) in [6.45, 7) is 0.211. The molecule has 0 saturated heterocycles. The summed E-state index contributed by atoms with van der Waals surface area (Å²) in [7, 11) is 1.52. The summed E-state index contributed by atoms with van der Waals surface area (Å²) in [5, 5.41) is 3.24. The minimum Gasteiger partial charge on any atom is -0.377 e. The molecule has 4 N–H and O–H groups in total. The number of nitrogens with one attached hydrogen (secondary N) is 2. The Hall–Kier alpha value is -1.96. The molecule has 0 aliphatic heterocycles. The van der Waals surface area contributed by atoms with E-state index in [4.69, 9.17) is 22.2 Å². The van der Waals surface area contributed by atoms with Crippen LogP contribution in [0.25, 0.3) is 0 Å². The zero-order valence-electron chi connectivity index (χ0n) is 10.7. The Morgan fingerprint density at radius 3 is 2.75 bits per heavy atom. The molecule has 1 heterocycles. The van der Waals surface area contributed by atoms with Crippen molar-refractivity contribution in [1.29, 1.82) is 0 Å². The molecule has 0 aliphatic rings. The highest BCUT2D eigenvalue weighted by molar-refractivity contribution is 6.30. The quantitative estimate of drug-likeness (QED) is 0.580. The normalized spacial score (nSPS) is 10.4. The fraction of sp³-hybridized carbons (Fsp3) is 0.167. The fourth-order valence-electron chi connectivity index (χ4n) is 1.56. The highest BCUT2D eigenvalue weighted by Crippen LogP contribution is 2.23. The van der Waals surface area contributed by atoms with Crippen LogP contribution in [-0.4, -0.2) is 17.1 Å². The van der Waals surface area contributed by atoms with E-state index in [2.05, 4.69) is 20.7 Å². The van der Waals surface area contributed by atoms with Gasteiger partial charge in [0.15, 0.2) is 5.82 Å². The average molecular weight is 298 g/mol. The third-order valence-corrected chi connectivity index (χ3v) is 2.62. The largest absolute Gasteiger partial charge is 0.377 e. The molecule has 2 aromatic rings. The summed E-state index contributed by atoms with van der Waals surface area (Å²) in [5.74, 6) is 6.06. The molecule has 1 aromatic heterocycles. The molecule has 6 nitrogen and oxygen atoms in total. The Kier molecular flexibility index (Phi) is 4.67. The van der Waals surface area contributed by atoms with E-state index < -0.39 is 5.82 Å². The van der Waals surface area contributed by atoms with Gasteiger partial charge in [0.2, 0.25) is 0 Å². The molecule has 2 rings (SSSR count). The first kappa shape index (κ1) is 14.4.